The lowest BCUT2D eigenvalue weighted by Crippen LogP contribution is -2.38. The fourth-order valence-corrected chi connectivity index (χ4v) is 3.57. The Hall–Kier alpha value is -1.75. The van der Waals surface area contributed by atoms with Crippen molar-refractivity contribution in [2.24, 2.45) is 10.7 Å². The van der Waals surface area contributed by atoms with E-state index in [1.54, 1.807) is 0 Å². The van der Waals surface area contributed by atoms with E-state index in [1.165, 1.54) is 31.2 Å². The van der Waals surface area contributed by atoms with Crippen molar-refractivity contribution in [1.29, 1.82) is 0 Å². The zero-order valence-electron chi connectivity index (χ0n) is 14.0. The van der Waals surface area contributed by atoms with Crippen molar-refractivity contribution in [3.05, 3.63) is 29.8 Å². The van der Waals surface area contributed by atoms with Crippen LogP contribution in [0.25, 0.3) is 0 Å². The van der Waals surface area contributed by atoms with Crippen molar-refractivity contribution in [2.45, 2.75) is 44.2 Å². The van der Waals surface area contributed by atoms with Gasteiger partial charge in [-0.05, 0) is 26.0 Å². The summed E-state index contributed by atoms with van der Waals surface area (Å²) in [6, 6.07) is 9.06. The Balaban J connectivity index is 1.50. The summed E-state index contributed by atoms with van der Waals surface area (Å²) >= 11 is 0. The molecule has 1 fully saturated rings. The maximum absolute atomic E-state index is 6.08. The predicted molar refractivity (Wildman–Crippen MR) is 93.8 cm³/mol. The molecule has 1 saturated carbocycles. The molecule has 5 heteroatoms. The van der Waals surface area contributed by atoms with Gasteiger partial charge in [0.05, 0.1) is 19.2 Å². The van der Waals surface area contributed by atoms with E-state index in [0.717, 1.165) is 31.3 Å². The number of nitrogens with one attached hydrogen (secondary N) is 1. The van der Waals surface area contributed by atoms with E-state index in [9.17, 15) is 0 Å². The van der Waals surface area contributed by atoms with Gasteiger partial charge >= 0.3 is 0 Å². The maximum atomic E-state index is 6.08. The first kappa shape index (κ1) is 16.1. The highest BCUT2D eigenvalue weighted by molar-refractivity contribution is 5.78. The number of likely N-dealkylation sites (N-methyl/N-ethyl adjacent to an activating group) is 1. The molecule has 23 heavy (non-hydrogen) atoms. The van der Waals surface area contributed by atoms with Crippen molar-refractivity contribution in [1.82, 2.24) is 10.2 Å². The summed E-state index contributed by atoms with van der Waals surface area (Å²) in [5.74, 6) is 1.48. The summed E-state index contributed by atoms with van der Waals surface area (Å²) in [7, 11) is 2.20. The van der Waals surface area contributed by atoms with Gasteiger partial charge < -0.3 is 20.7 Å². The fourth-order valence-electron chi connectivity index (χ4n) is 3.57. The molecule has 126 valence electrons. The Morgan fingerprint density at radius 1 is 1.30 bits per heavy atom. The van der Waals surface area contributed by atoms with Crippen molar-refractivity contribution in [3.63, 3.8) is 0 Å². The highest BCUT2D eigenvalue weighted by Gasteiger charge is 2.21. The van der Waals surface area contributed by atoms with E-state index in [0.29, 0.717) is 12.6 Å². The third-order valence-electron chi connectivity index (χ3n) is 4.96. The lowest BCUT2D eigenvalue weighted by Gasteiger charge is -2.27. The minimum Gasteiger partial charge on any atom is -0.493 e. The SMILES string of the molecule is CN(CCN=C(N)NC1CCOc2ccccc21)C1CCCC1. The van der Waals surface area contributed by atoms with Gasteiger partial charge in [0.25, 0.3) is 0 Å². The zero-order chi connectivity index (χ0) is 16.1. The summed E-state index contributed by atoms with van der Waals surface area (Å²) in [6.07, 6.45) is 6.30. The number of nitrogens with two attached hydrogens (primary N) is 1. The van der Waals surface area contributed by atoms with Crippen LogP contribution in [-0.2, 0) is 0 Å². The van der Waals surface area contributed by atoms with Crippen LogP contribution in [0.4, 0.5) is 0 Å². The molecule has 1 unspecified atom stereocenters. The first-order valence-corrected chi connectivity index (χ1v) is 8.72. The summed E-state index contributed by atoms with van der Waals surface area (Å²) in [5.41, 5.74) is 7.25. The van der Waals surface area contributed by atoms with Crippen LogP contribution in [0.5, 0.6) is 5.75 Å². The molecule has 1 aromatic rings. The number of hydrogen-bond donors (Lipinski definition) is 2. The number of para-hydroxylation sites is 1. The molecule has 3 rings (SSSR count). The number of benzene rings is 1. The van der Waals surface area contributed by atoms with Gasteiger partial charge in [-0.25, -0.2) is 0 Å². The molecule has 0 amide bonds. The Morgan fingerprint density at radius 3 is 2.91 bits per heavy atom. The summed E-state index contributed by atoms with van der Waals surface area (Å²) in [5, 5.41) is 3.35. The normalized spacial score (nSPS) is 22.0. The quantitative estimate of drug-likeness (QED) is 0.646. The van der Waals surface area contributed by atoms with E-state index < -0.39 is 0 Å². The number of hydrogen-bond acceptors (Lipinski definition) is 3. The maximum Gasteiger partial charge on any atom is 0.189 e. The van der Waals surface area contributed by atoms with Crippen LogP contribution >= 0.6 is 0 Å². The lowest BCUT2D eigenvalue weighted by molar-refractivity contribution is 0.252. The molecule has 0 saturated heterocycles. The number of fused-ring (bicyclic) bond motifs is 1. The van der Waals surface area contributed by atoms with Gasteiger partial charge in [0.2, 0.25) is 0 Å². The van der Waals surface area contributed by atoms with Gasteiger partial charge in [-0.2, -0.15) is 0 Å². The molecule has 3 N–H and O–H groups in total. The largest absolute Gasteiger partial charge is 0.493 e. The van der Waals surface area contributed by atoms with Gasteiger partial charge in [-0.1, -0.05) is 31.0 Å². The van der Waals surface area contributed by atoms with E-state index in [2.05, 4.69) is 28.3 Å². The van der Waals surface area contributed by atoms with Crippen LogP contribution in [0.3, 0.4) is 0 Å². The van der Waals surface area contributed by atoms with Crippen LogP contribution in [0, 0.1) is 0 Å². The van der Waals surface area contributed by atoms with Crippen LogP contribution in [-0.4, -0.2) is 43.6 Å². The molecule has 1 heterocycles. The Labute approximate surface area is 138 Å². The third-order valence-corrected chi connectivity index (χ3v) is 4.96. The monoisotopic (exact) mass is 316 g/mol. The second-order valence-corrected chi connectivity index (χ2v) is 6.56. The molecule has 1 aliphatic heterocycles. The average molecular weight is 316 g/mol. The first-order valence-electron chi connectivity index (χ1n) is 8.72. The zero-order valence-corrected chi connectivity index (χ0v) is 14.0. The lowest BCUT2D eigenvalue weighted by atomic mass is 10.0. The third kappa shape index (κ3) is 4.16. The number of aliphatic imine (C=N–C) groups is 1. The van der Waals surface area contributed by atoms with Gasteiger partial charge in [-0.15, -0.1) is 0 Å². The van der Waals surface area contributed by atoms with Gasteiger partial charge in [0.15, 0.2) is 5.96 Å². The molecule has 1 aliphatic carbocycles. The topological polar surface area (TPSA) is 62.9 Å². The molecule has 5 nitrogen and oxygen atoms in total. The number of guanidine groups is 1. The van der Waals surface area contributed by atoms with E-state index >= 15 is 0 Å². The fraction of sp³-hybridized carbons (Fsp3) is 0.611. The van der Waals surface area contributed by atoms with E-state index in [-0.39, 0.29) is 6.04 Å². The van der Waals surface area contributed by atoms with Crippen LogP contribution in [0.2, 0.25) is 0 Å². The minimum atomic E-state index is 0.191. The average Bonchev–Trinajstić information content (AvgIpc) is 3.10. The van der Waals surface area contributed by atoms with Gasteiger partial charge in [0.1, 0.15) is 5.75 Å². The van der Waals surface area contributed by atoms with Crippen LogP contribution in [0.15, 0.2) is 29.3 Å². The van der Waals surface area contributed by atoms with Crippen LogP contribution in [0.1, 0.15) is 43.7 Å². The number of ether oxygens (including phenoxy) is 1. The van der Waals surface area contributed by atoms with Crippen molar-refractivity contribution in [2.75, 3.05) is 26.7 Å². The molecule has 1 aromatic carbocycles. The summed E-state index contributed by atoms with van der Waals surface area (Å²) in [6.45, 7) is 2.43. The van der Waals surface area contributed by atoms with Gasteiger partial charge in [-0.3, -0.25) is 4.99 Å². The molecular formula is C18H28N4O. The molecule has 1 atom stereocenters. The molecule has 0 spiro atoms. The molecule has 0 bridgehead atoms. The molecule has 2 aliphatic rings. The highest BCUT2D eigenvalue weighted by atomic mass is 16.5. The number of rotatable bonds is 5. The van der Waals surface area contributed by atoms with Gasteiger partial charge in [0, 0.05) is 24.6 Å². The summed E-state index contributed by atoms with van der Waals surface area (Å²) < 4.78 is 5.68. The Morgan fingerprint density at radius 2 is 2.09 bits per heavy atom. The Kier molecular flexibility index (Phi) is 5.39. The summed E-state index contributed by atoms with van der Waals surface area (Å²) in [4.78, 5) is 6.93. The van der Waals surface area contributed by atoms with Crippen molar-refractivity contribution >= 4 is 5.96 Å². The smallest absolute Gasteiger partial charge is 0.189 e. The number of nitrogens with zero attached hydrogens (tertiary/aromatic N) is 2. The molecule has 0 radical (unpaired) electrons. The molecule has 0 aromatic heterocycles. The minimum absolute atomic E-state index is 0.191. The highest BCUT2D eigenvalue weighted by Crippen LogP contribution is 2.31. The standard InChI is InChI=1S/C18H28N4O/c1-22(14-6-2-3-7-14)12-11-20-18(19)21-16-10-13-23-17-9-5-4-8-15(16)17/h4-5,8-9,14,16H,2-3,6-7,10-13H2,1H3,(H3,19,20,21). The predicted octanol–water partition coefficient (Wildman–Crippen LogP) is 2.29. The van der Waals surface area contributed by atoms with Crippen LogP contribution < -0.4 is 15.8 Å². The van der Waals surface area contributed by atoms with Crippen molar-refractivity contribution < 1.29 is 4.74 Å². The van der Waals surface area contributed by atoms with E-state index in [1.807, 2.05) is 18.2 Å². The Bertz CT molecular complexity index is 540. The van der Waals surface area contributed by atoms with Crippen molar-refractivity contribution in [3.8, 4) is 5.75 Å². The second-order valence-electron chi connectivity index (χ2n) is 6.56. The van der Waals surface area contributed by atoms with E-state index in [4.69, 9.17) is 10.5 Å². The second kappa shape index (κ2) is 7.68. The molecular weight excluding hydrogens is 288 g/mol. The first-order chi connectivity index (χ1) is 11.2.